The second-order valence-corrected chi connectivity index (χ2v) is 2.98. The van der Waals surface area contributed by atoms with Crippen molar-refractivity contribution in [3.8, 4) is 0 Å². The molecule has 4 nitrogen and oxygen atoms in total. The molecule has 0 saturated heterocycles. The molecule has 0 radical (unpaired) electrons. The maximum absolute atomic E-state index is 7.09. The van der Waals surface area contributed by atoms with Gasteiger partial charge in [-0.05, 0) is 20.2 Å². The fraction of sp³-hybridized carbons (Fsp3) is 0. The van der Waals surface area contributed by atoms with E-state index in [1.54, 1.807) is 0 Å². The third kappa shape index (κ3) is 1.39. The lowest BCUT2D eigenvalue weighted by Gasteiger charge is -1.98. The number of nitrogens with one attached hydrogen (secondary N) is 1. The smallest absolute Gasteiger partial charge is 0.259 e. The zero-order chi connectivity index (χ0) is 6.62. The van der Waals surface area contributed by atoms with Gasteiger partial charge in [-0.1, -0.05) is 0 Å². The zero-order valence-electron chi connectivity index (χ0n) is 4.41. The summed E-state index contributed by atoms with van der Waals surface area (Å²) in [6.45, 7) is 9.36. The Labute approximate surface area is 48.1 Å². The highest BCUT2D eigenvalue weighted by Crippen LogP contribution is 2.49. The minimum atomic E-state index is -2.62. The van der Waals surface area contributed by atoms with Gasteiger partial charge in [-0.25, -0.2) is 14.3 Å². The van der Waals surface area contributed by atoms with Crippen molar-refractivity contribution in [3.63, 3.8) is 0 Å². The molecule has 0 heterocycles. The van der Waals surface area contributed by atoms with Crippen LogP contribution in [0.25, 0.3) is 0 Å². The molecule has 0 aliphatic carbocycles. The maximum Gasteiger partial charge on any atom is 0.295 e. The van der Waals surface area contributed by atoms with Gasteiger partial charge in [-0.15, -0.1) is 0 Å². The monoisotopic (exact) mass is 130 g/mol. The fourth-order valence-corrected chi connectivity index (χ4v) is 0.402. The van der Waals surface area contributed by atoms with Gasteiger partial charge >= 0.3 is 0 Å². The van der Waals surface area contributed by atoms with Gasteiger partial charge in [0.2, 0.25) is 0 Å². The first-order valence-corrected chi connectivity index (χ1v) is 3.42. The molecule has 0 aliphatic rings. The minimum absolute atomic E-state index is 2.62. The molecule has 0 amide bonds. The first kappa shape index (κ1) is 7.24. The molecular weight excluding hydrogens is 123 g/mol. The molecule has 0 aliphatic heterocycles. The fourth-order valence-electron chi connectivity index (χ4n) is 0.134. The number of hydrogen-bond donors (Lipinski definition) is 1. The van der Waals surface area contributed by atoms with E-state index in [2.05, 4.69) is 34.4 Å². The van der Waals surface area contributed by atoms with E-state index in [0.29, 0.717) is 0 Å². The molecule has 0 rings (SSSR count). The normalized spacial score (nSPS) is 10.0. The molecule has 0 aromatic heterocycles. The molecule has 0 fully saturated rings. The van der Waals surface area contributed by atoms with Crippen LogP contribution in [-0.4, -0.2) is 20.2 Å². The van der Waals surface area contributed by atoms with Crippen LogP contribution in [0.4, 0.5) is 0 Å². The SMILES string of the molecule is C=NP(=N)(N=C)N=C. The molecule has 0 aromatic rings. The second kappa shape index (κ2) is 2.52. The summed E-state index contributed by atoms with van der Waals surface area (Å²) in [5.41, 5.74) is 0. The average Bonchev–Trinajstić information content (AvgIpc) is 1.87. The number of rotatable bonds is 3. The van der Waals surface area contributed by atoms with E-state index in [9.17, 15) is 0 Å². The van der Waals surface area contributed by atoms with Crippen LogP contribution in [0.2, 0.25) is 0 Å². The highest BCUT2D eigenvalue weighted by molar-refractivity contribution is 7.61. The molecule has 5 heteroatoms. The molecular formula is C3H7N4P. The predicted octanol–water partition coefficient (Wildman–Crippen LogP) is 1.61. The van der Waals surface area contributed by atoms with Gasteiger partial charge < -0.3 is 0 Å². The molecule has 44 valence electrons. The van der Waals surface area contributed by atoms with E-state index in [-0.39, 0.29) is 0 Å². The van der Waals surface area contributed by atoms with Crippen LogP contribution in [-0.2, 0) is 0 Å². The molecule has 0 aromatic carbocycles. The lowest BCUT2D eigenvalue weighted by atomic mass is 11.8. The molecule has 0 saturated carbocycles. The first-order chi connectivity index (χ1) is 3.68. The Morgan fingerprint density at radius 3 is 1.25 bits per heavy atom. The quantitative estimate of drug-likeness (QED) is 0.445. The highest BCUT2D eigenvalue weighted by Gasteiger charge is 2.02. The van der Waals surface area contributed by atoms with E-state index in [0.717, 1.165) is 0 Å². The molecule has 0 bridgehead atoms. The van der Waals surface area contributed by atoms with Crippen molar-refractivity contribution in [2.45, 2.75) is 0 Å². The summed E-state index contributed by atoms with van der Waals surface area (Å²) in [4.78, 5) is 0. The van der Waals surface area contributed by atoms with Gasteiger partial charge in [0, 0.05) is 0 Å². The van der Waals surface area contributed by atoms with Gasteiger partial charge in [0.15, 0.2) is 0 Å². The Morgan fingerprint density at radius 2 is 1.25 bits per heavy atom. The largest absolute Gasteiger partial charge is 0.295 e. The van der Waals surface area contributed by atoms with E-state index >= 15 is 0 Å². The summed E-state index contributed by atoms with van der Waals surface area (Å²) in [5.74, 6) is 0. The van der Waals surface area contributed by atoms with Crippen LogP contribution >= 0.6 is 7.51 Å². The van der Waals surface area contributed by atoms with Crippen molar-refractivity contribution in [2.75, 3.05) is 0 Å². The lowest BCUT2D eigenvalue weighted by Crippen LogP contribution is -1.59. The number of hydrogen-bond acceptors (Lipinski definition) is 1. The van der Waals surface area contributed by atoms with E-state index < -0.39 is 7.51 Å². The summed E-state index contributed by atoms with van der Waals surface area (Å²) < 4.78 is 9.98. The Morgan fingerprint density at radius 1 is 1.00 bits per heavy atom. The summed E-state index contributed by atoms with van der Waals surface area (Å²) in [6.07, 6.45) is 0. The van der Waals surface area contributed by atoms with Crippen LogP contribution in [0.3, 0.4) is 0 Å². The van der Waals surface area contributed by atoms with Crippen molar-refractivity contribution < 1.29 is 0 Å². The van der Waals surface area contributed by atoms with Crippen LogP contribution < -0.4 is 0 Å². The van der Waals surface area contributed by atoms with E-state index in [4.69, 9.17) is 5.16 Å². The van der Waals surface area contributed by atoms with Crippen molar-refractivity contribution in [1.82, 2.24) is 0 Å². The van der Waals surface area contributed by atoms with Crippen LogP contribution in [0.5, 0.6) is 0 Å². The van der Waals surface area contributed by atoms with Gasteiger partial charge in [0.25, 0.3) is 7.51 Å². The van der Waals surface area contributed by atoms with Crippen LogP contribution in [0.1, 0.15) is 0 Å². The van der Waals surface area contributed by atoms with E-state index in [1.807, 2.05) is 0 Å². The van der Waals surface area contributed by atoms with Gasteiger partial charge in [-0.3, -0.25) is 5.16 Å². The van der Waals surface area contributed by atoms with Crippen molar-refractivity contribution in [2.24, 2.45) is 14.3 Å². The Kier molecular flexibility index (Phi) is 2.28. The van der Waals surface area contributed by atoms with Crippen molar-refractivity contribution in [1.29, 1.82) is 5.16 Å². The Bertz CT molecular complexity index is 132. The third-order valence-electron chi connectivity index (χ3n) is 0.592. The zero-order valence-corrected chi connectivity index (χ0v) is 5.30. The van der Waals surface area contributed by atoms with Gasteiger partial charge in [0.05, 0.1) is 0 Å². The number of nitrogens with zero attached hydrogens (tertiary/aromatic N) is 3. The first-order valence-electron chi connectivity index (χ1n) is 1.77. The third-order valence-corrected chi connectivity index (χ3v) is 1.77. The summed E-state index contributed by atoms with van der Waals surface area (Å²) in [5, 5.41) is 7.09. The Hall–Kier alpha value is -0.760. The maximum atomic E-state index is 7.09. The minimum Gasteiger partial charge on any atom is -0.259 e. The average molecular weight is 130 g/mol. The van der Waals surface area contributed by atoms with Crippen LogP contribution in [0.15, 0.2) is 14.3 Å². The predicted molar refractivity (Wildman–Crippen MR) is 38.3 cm³/mol. The highest BCUT2D eigenvalue weighted by atomic mass is 31.2. The van der Waals surface area contributed by atoms with Gasteiger partial charge in [0.1, 0.15) is 0 Å². The molecule has 0 spiro atoms. The summed E-state index contributed by atoms with van der Waals surface area (Å²) in [7, 11) is -2.62. The van der Waals surface area contributed by atoms with Gasteiger partial charge in [-0.2, -0.15) is 0 Å². The molecule has 0 atom stereocenters. The lowest BCUT2D eigenvalue weighted by molar-refractivity contribution is 1.47. The summed E-state index contributed by atoms with van der Waals surface area (Å²) in [6, 6.07) is 0. The Balaban J connectivity index is 4.45. The van der Waals surface area contributed by atoms with E-state index in [1.165, 1.54) is 0 Å². The molecule has 0 unspecified atom stereocenters. The topological polar surface area (TPSA) is 60.9 Å². The van der Waals surface area contributed by atoms with Crippen molar-refractivity contribution in [3.05, 3.63) is 0 Å². The molecule has 1 N–H and O–H groups in total. The molecule has 8 heavy (non-hydrogen) atoms. The second-order valence-electron chi connectivity index (χ2n) is 0.993. The summed E-state index contributed by atoms with van der Waals surface area (Å²) >= 11 is 0. The standard InChI is InChI=1S/C3H7N4P/c1-5-8(4,6-2)7-3/h4H,1-3H2. The van der Waals surface area contributed by atoms with Crippen molar-refractivity contribution >= 4 is 27.7 Å². The van der Waals surface area contributed by atoms with Crippen LogP contribution in [0, 0.1) is 5.16 Å².